The van der Waals surface area contributed by atoms with Gasteiger partial charge in [0.25, 0.3) is 0 Å². The van der Waals surface area contributed by atoms with E-state index in [2.05, 4.69) is 9.05 Å². The fourth-order valence-electron chi connectivity index (χ4n) is 0.952. The lowest BCUT2D eigenvalue weighted by Crippen LogP contribution is -2.22. The van der Waals surface area contributed by atoms with Crippen LogP contribution < -0.4 is 0 Å². The number of hydrogen-bond donors (Lipinski definition) is 0. The molecule has 0 spiro atoms. The average molecular weight is 323 g/mol. The molecule has 110 valence electrons. The van der Waals surface area contributed by atoms with Crippen LogP contribution in [0.4, 0.5) is 26.3 Å². The zero-order valence-electron chi connectivity index (χ0n) is 9.02. The molecule has 0 aromatic heterocycles. The summed E-state index contributed by atoms with van der Waals surface area (Å²) in [5.41, 5.74) is 0. The molecule has 0 aliphatic heterocycles. The first kappa shape index (κ1) is 18.0. The van der Waals surface area contributed by atoms with E-state index in [1.54, 1.807) is 6.92 Å². The Balaban J connectivity index is 4.97. The van der Waals surface area contributed by atoms with E-state index in [1.165, 1.54) is 0 Å². The van der Waals surface area contributed by atoms with Crippen LogP contribution in [0.15, 0.2) is 0 Å². The average Bonchev–Trinajstić information content (AvgIpc) is 2.07. The van der Waals surface area contributed by atoms with E-state index in [9.17, 15) is 30.9 Å². The van der Waals surface area contributed by atoms with Gasteiger partial charge in [-0.2, -0.15) is 0 Å². The molecule has 0 saturated heterocycles. The molecule has 0 rings (SSSR count). The molecule has 1 unspecified atom stereocenters. The van der Waals surface area contributed by atoms with Gasteiger partial charge in [0.1, 0.15) is 5.12 Å². The second-order valence-corrected chi connectivity index (χ2v) is 6.09. The van der Waals surface area contributed by atoms with Crippen molar-refractivity contribution >= 4 is 19.2 Å². The Kier molecular flexibility index (Phi) is 6.46. The van der Waals surface area contributed by atoms with Crippen LogP contribution in [-0.2, 0) is 13.6 Å². The van der Waals surface area contributed by atoms with E-state index < -0.39 is 25.4 Å². The molecule has 0 radical (unpaired) electrons. The number of unbranched alkanes of at least 4 members (excludes halogenated alkanes) is 1. The highest BCUT2D eigenvalue weighted by molar-refractivity contribution is 7.56. The SMILES string of the molecule is CCCCC(Cl)P(=O)(OC(F)(F)F)OC(F)(F)F. The molecule has 0 saturated carbocycles. The molecule has 0 bridgehead atoms. The third-order valence-electron chi connectivity index (χ3n) is 1.60. The summed E-state index contributed by atoms with van der Waals surface area (Å²) in [7, 11) is -5.57. The predicted molar refractivity (Wildman–Crippen MR) is 51.1 cm³/mol. The molecule has 0 aromatic carbocycles. The summed E-state index contributed by atoms with van der Waals surface area (Å²) in [4.78, 5) is 0. The van der Waals surface area contributed by atoms with Gasteiger partial charge in [-0.1, -0.05) is 19.8 Å². The monoisotopic (exact) mass is 322 g/mol. The molecule has 0 aliphatic carbocycles. The number of alkyl halides is 7. The Labute approximate surface area is 104 Å². The van der Waals surface area contributed by atoms with Crippen LogP contribution in [0, 0.1) is 0 Å². The first-order chi connectivity index (χ1) is 7.90. The summed E-state index contributed by atoms with van der Waals surface area (Å²) in [6.07, 6.45) is -10.8. The zero-order valence-corrected chi connectivity index (χ0v) is 10.7. The molecule has 1 atom stereocenters. The smallest absolute Gasteiger partial charge is 0.258 e. The van der Waals surface area contributed by atoms with Crippen LogP contribution in [0.5, 0.6) is 0 Å². The molecule has 0 N–H and O–H groups in total. The minimum absolute atomic E-state index is 0.181. The minimum Gasteiger partial charge on any atom is -0.258 e. The van der Waals surface area contributed by atoms with Gasteiger partial charge in [0, 0.05) is 0 Å². The number of halogens is 7. The van der Waals surface area contributed by atoms with E-state index in [0.717, 1.165) is 0 Å². The van der Waals surface area contributed by atoms with Gasteiger partial charge in [0.05, 0.1) is 0 Å². The van der Waals surface area contributed by atoms with Gasteiger partial charge in [-0.25, -0.2) is 9.05 Å². The molecular weight excluding hydrogens is 312 g/mol. The van der Waals surface area contributed by atoms with Gasteiger partial charge in [-0.05, 0) is 6.42 Å². The van der Waals surface area contributed by atoms with Crippen LogP contribution in [0.1, 0.15) is 26.2 Å². The highest BCUT2D eigenvalue weighted by Crippen LogP contribution is 2.62. The molecule has 11 heteroatoms. The van der Waals surface area contributed by atoms with E-state index in [4.69, 9.17) is 11.6 Å². The Morgan fingerprint density at radius 2 is 1.50 bits per heavy atom. The van der Waals surface area contributed by atoms with Crippen LogP contribution in [0.25, 0.3) is 0 Å². The fourth-order valence-corrected chi connectivity index (χ4v) is 2.69. The molecule has 0 heterocycles. The lowest BCUT2D eigenvalue weighted by Gasteiger charge is -2.24. The fraction of sp³-hybridized carbons (Fsp3) is 1.00. The Morgan fingerprint density at radius 3 is 1.78 bits per heavy atom. The van der Waals surface area contributed by atoms with Crippen LogP contribution in [-0.4, -0.2) is 17.8 Å². The number of rotatable bonds is 6. The largest absolute Gasteiger partial charge is 0.529 e. The van der Waals surface area contributed by atoms with Crippen molar-refractivity contribution < 1.29 is 40.0 Å². The maximum atomic E-state index is 11.9. The highest BCUT2D eigenvalue weighted by Gasteiger charge is 2.52. The van der Waals surface area contributed by atoms with E-state index in [0.29, 0.717) is 6.42 Å². The summed E-state index contributed by atoms with van der Waals surface area (Å²) in [6, 6.07) is 0. The third kappa shape index (κ3) is 7.45. The summed E-state index contributed by atoms with van der Waals surface area (Å²) in [5, 5.41) is -2.03. The second kappa shape index (κ2) is 6.45. The molecular formula is C7H10ClF6O3P. The Morgan fingerprint density at radius 1 is 1.11 bits per heavy atom. The lowest BCUT2D eigenvalue weighted by molar-refractivity contribution is -0.307. The summed E-state index contributed by atoms with van der Waals surface area (Å²) < 4.78 is 88.8. The van der Waals surface area contributed by atoms with Crippen molar-refractivity contribution in [2.24, 2.45) is 0 Å². The predicted octanol–water partition coefficient (Wildman–Crippen LogP) is 5.01. The van der Waals surface area contributed by atoms with Gasteiger partial charge in [0.15, 0.2) is 0 Å². The van der Waals surface area contributed by atoms with Gasteiger partial charge in [-0.15, -0.1) is 37.9 Å². The second-order valence-electron chi connectivity index (χ2n) is 3.19. The van der Waals surface area contributed by atoms with Gasteiger partial charge in [0.2, 0.25) is 0 Å². The lowest BCUT2D eigenvalue weighted by atomic mass is 10.3. The van der Waals surface area contributed by atoms with Gasteiger partial charge in [-0.3, -0.25) is 4.57 Å². The highest BCUT2D eigenvalue weighted by atomic mass is 35.5. The van der Waals surface area contributed by atoms with Crippen molar-refractivity contribution in [3.05, 3.63) is 0 Å². The zero-order chi connectivity index (χ0) is 14.6. The normalized spacial score (nSPS) is 15.8. The first-order valence-corrected chi connectivity index (χ1v) is 6.73. The van der Waals surface area contributed by atoms with Gasteiger partial charge < -0.3 is 0 Å². The quantitative estimate of drug-likeness (QED) is 0.392. The van der Waals surface area contributed by atoms with Crippen LogP contribution in [0.3, 0.4) is 0 Å². The van der Waals surface area contributed by atoms with Crippen molar-refractivity contribution in [3.63, 3.8) is 0 Å². The molecule has 3 nitrogen and oxygen atoms in total. The van der Waals surface area contributed by atoms with E-state index in [-0.39, 0.29) is 12.8 Å². The Hall–Kier alpha value is 0.0200. The summed E-state index contributed by atoms with van der Waals surface area (Å²) in [6.45, 7) is 1.63. The van der Waals surface area contributed by atoms with Crippen molar-refractivity contribution in [2.45, 2.75) is 44.0 Å². The third-order valence-corrected chi connectivity index (χ3v) is 4.40. The maximum Gasteiger partial charge on any atom is 0.529 e. The van der Waals surface area contributed by atoms with Crippen molar-refractivity contribution in [1.29, 1.82) is 0 Å². The molecule has 0 amide bonds. The minimum atomic E-state index is -5.57. The number of hydrogen-bond acceptors (Lipinski definition) is 3. The molecule has 18 heavy (non-hydrogen) atoms. The Bertz CT molecular complexity index is 285. The standard InChI is InChI=1S/C7H10ClF6O3P/c1-2-3-4-5(8)18(15,16-6(9,10)11)17-7(12,13)14/h5H,2-4H2,1H3. The van der Waals surface area contributed by atoms with E-state index in [1.807, 2.05) is 0 Å². The topological polar surface area (TPSA) is 35.5 Å². The van der Waals surface area contributed by atoms with E-state index >= 15 is 0 Å². The van der Waals surface area contributed by atoms with Crippen molar-refractivity contribution in [1.82, 2.24) is 0 Å². The van der Waals surface area contributed by atoms with Crippen LogP contribution >= 0.6 is 19.2 Å². The first-order valence-electron chi connectivity index (χ1n) is 4.68. The van der Waals surface area contributed by atoms with Gasteiger partial charge >= 0.3 is 20.3 Å². The van der Waals surface area contributed by atoms with Crippen LogP contribution in [0.2, 0.25) is 0 Å². The maximum absolute atomic E-state index is 11.9. The molecule has 0 aromatic rings. The molecule has 0 fully saturated rings. The molecule has 0 aliphatic rings. The van der Waals surface area contributed by atoms with Crippen molar-refractivity contribution in [2.75, 3.05) is 0 Å². The summed E-state index contributed by atoms with van der Waals surface area (Å²) >= 11 is 5.27. The summed E-state index contributed by atoms with van der Waals surface area (Å²) in [5.74, 6) is 0. The van der Waals surface area contributed by atoms with Crippen molar-refractivity contribution in [3.8, 4) is 0 Å².